The molecule has 0 spiro atoms. The standard InChI is InChI=1S/C30H28N4O2/c35-30(25-13-11-23(12-14-25)22-7-3-1-4-8-22)34-16-15-27-26(21-34)29(33-17-19-36-20-18-33)32-28(31-27)24-9-5-2-6-10-24/h1-14H,15-21H2. The Morgan fingerprint density at radius 3 is 2.06 bits per heavy atom. The summed E-state index contributed by atoms with van der Waals surface area (Å²) < 4.78 is 5.59. The Kier molecular flexibility index (Phi) is 6.18. The number of morpholine rings is 1. The number of nitrogens with zero attached hydrogens (tertiary/aromatic N) is 4. The topological polar surface area (TPSA) is 58.6 Å². The van der Waals surface area contributed by atoms with E-state index in [1.54, 1.807) is 0 Å². The van der Waals surface area contributed by atoms with Crippen LogP contribution in [0, 0.1) is 0 Å². The van der Waals surface area contributed by atoms with Gasteiger partial charge in [0.25, 0.3) is 5.91 Å². The van der Waals surface area contributed by atoms with Gasteiger partial charge >= 0.3 is 0 Å². The summed E-state index contributed by atoms with van der Waals surface area (Å²) in [4.78, 5) is 27.6. The number of benzene rings is 3. The Bertz CT molecular complexity index is 1350. The number of anilines is 1. The van der Waals surface area contributed by atoms with Crippen molar-refractivity contribution in [1.82, 2.24) is 14.9 Å². The fourth-order valence-electron chi connectivity index (χ4n) is 4.94. The number of fused-ring (bicyclic) bond motifs is 1. The lowest BCUT2D eigenvalue weighted by atomic mass is 10.0. The van der Waals surface area contributed by atoms with Crippen molar-refractivity contribution in [3.8, 4) is 22.5 Å². The smallest absolute Gasteiger partial charge is 0.254 e. The molecule has 6 heteroatoms. The summed E-state index contributed by atoms with van der Waals surface area (Å²) in [6.07, 6.45) is 0.711. The van der Waals surface area contributed by atoms with Gasteiger partial charge < -0.3 is 14.5 Å². The van der Waals surface area contributed by atoms with Crippen molar-refractivity contribution in [2.24, 2.45) is 0 Å². The molecule has 0 unspecified atom stereocenters. The first-order valence-corrected chi connectivity index (χ1v) is 12.5. The third-order valence-electron chi connectivity index (χ3n) is 6.91. The van der Waals surface area contributed by atoms with Crippen LogP contribution in [0.25, 0.3) is 22.5 Å². The van der Waals surface area contributed by atoms with Gasteiger partial charge in [-0.25, -0.2) is 9.97 Å². The molecule has 6 rings (SSSR count). The van der Waals surface area contributed by atoms with Crippen LogP contribution in [0.2, 0.25) is 0 Å². The first kappa shape index (κ1) is 22.4. The monoisotopic (exact) mass is 476 g/mol. The van der Waals surface area contributed by atoms with E-state index in [0.29, 0.717) is 38.3 Å². The van der Waals surface area contributed by atoms with Gasteiger partial charge in [-0.15, -0.1) is 0 Å². The molecule has 0 radical (unpaired) electrons. The summed E-state index contributed by atoms with van der Waals surface area (Å²) in [5, 5.41) is 0. The molecule has 180 valence electrons. The highest BCUT2D eigenvalue weighted by molar-refractivity contribution is 5.95. The maximum atomic E-state index is 13.5. The summed E-state index contributed by atoms with van der Waals surface area (Å²) in [5.74, 6) is 1.71. The fraction of sp³-hybridized carbons (Fsp3) is 0.233. The molecule has 1 aromatic heterocycles. The summed E-state index contributed by atoms with van der Waals surface area (Å²) in [7, 11) is 0. The zero-order valence-corrected chi connectivity index (χ0v) is 20.1. The third-order valence-corrected chi connectivity index (χ3v) is 6.91. The fourth-order valence-corrected chi connectivity index (χ4v) is 4.94. The highest BCUT2D eigenvalue weighted by Crippen LogP contribution is 2.31. The molecule has 6 nitrogen and oxygen atoms in total. The van der Waals surface area contributed by atoms with Gasteiger partial charge in [-0.3, -0.25) is 4.79 Å². The van der Waals surface area contributed by atoms with E-state index < -0.39 is 0 Å². The zero-order chi connectivity index (χ0) is 24.3. The summed E-state index contributed by atoms with van der Waals surface area (Å²) in [5.41, 5.74) is 6.04. The number of aromatic nitrogens is 2. The Morgan fingerprint density at radius 2 is 1.36 bits per heavy atom. The van der Waals surface area contributed by atoms with Crippen LogP contribution >= 0.6 is 0 Å². The molecule has 2 aliphatic heterocycles. The van der Waals surface area contributed by atoms with Crippen LogP contribution in [0.5, 0.6) is 0 Å². The minimum atomic E-state index is 0.0420. The second-order valence-electron chi connectivity index (χ2n) is 9.18. The largest absolute Gasteiger partial charge is 0.378 e. The number of ether oxygens (including phenoxy) is 1. The van der Waals surface area contributed by atoms with Crippen molar-refractivity contribution in [1.29, 1.82) is 0 Å². The maximum absolute atomic E-state index is 13.5. The van der Waals surface area contributed by atoms with Crippen LogP contribution in [0.3, 0.4) is 0 Å². The molecule has 3 heterocycles. The second kappa shape index (κ2) is 9.91. The highest BCUT2D eigenvalue weighted by Gasteiger charge is 2.29. The zero-order valence-electron chi connectivity index (χ0n) is 20.1. The quantitative estimate of drug-likeness (QED) is 0.422. The molecule has 4 aromatic rings. The minimum absolute atomic E-state index is 0.0420. The Labute approximate surface area is 211 Å². The molecular formula is C30H28N4O2. The average molecular weight is 477 g/mol. The van der Waals surface area contributed by atoms with Crippen LogP contribution in [-0.4, -0.2) is 53.6 Å². The van der Waals surface area contributed by atoms with Crippen molar-refractivity contribution >= 4 is 11.7 Å². The molecule has 0 aliphatic carbocycles. The van der Waals surface area contributed by atoms with Crippen molar-refractivity contribution in [3.63, 3.8) is 0 Å². The van der Waals surface area contributed by atoms with Crippen molar-refractivity contribution in [2.75, 3.05) is 37.7 Å². The summed E-state index contributed by atoms with van der Waals surface area (Å²) in [6, 6.07) is 28.2. The van der Waals surface area contributed by atoms with E-state index in [1.165, 1.54) is 0 Å². The van der Waals surface area contributed by atoms with Crippen LogP contribution in [-0.2, 0) is 17.7 Å². The van der Waals surface area contributed by atoms with Crippen molar-refractivity contribution < 1.29 is 9.53 Å². The van der Waals surface area contributed by atoms with E-state index >= 15 is 0 Å². The molecule has 1 fully saturated rings. The van der Waals surface area contributed by atoms with Crippen molar-refractivity contribution in [2.45, 2.75) is 13.0 Å². The normalized spacial score (nSPS) is 15.4. The van der Waals surface area contributed by atoms with Gasteiger partial charge in [-0.1, -0.05) is 72.8 Å². The SMILES string of the molecule is O=C(c1ccc(-c2ccccc2)cc1)N1CCc2nc(-c3ccccc3)nc(N3CCOCC3)c2C1. The first-order valence-electron chi connectivity index (χ1n) is 12.5. The van der Waals surface area contributed by atoms with Crippen LogP contribution < -0.4 is 4.90 Å². The van der Waals surface area contributed by atoms with Gasteiger partial charge in [0.1, 0.15) is 5.82 Å². The van der Waals surface area contributed by atoms with Crippen LogP contribution in [0.15, 0.2) is 84.9 Å². The molecule has 0 bridgehead atoms. The lowest BCUT2D eigenvalue weighted by molar-refractivity contribution is 0.0733. The Morgan fingerprint density at radius 1 is 0.722 bits per heavy atom. The van der Waals surface area contributed by atoms with E-state index in [4.69, 9.17) is 14.7 Å². The van der Waals surface area contributed by atoms with Gasteiger partial charge in [-0.05, 0) is 23.3 Å². The van der Waals surface area contributed by atoms with Gasteiger partial charge in [-0.2, -0.15) is 0 Å². The minimum Gasteiger partial charge on any atom is -0.378 e. The lowest BCUT2D eigenvalue weighted by Gasteiger charge is -2.34. The van der Waals surface area contributed by atoms with Gasteiger partial charge in [0.05, 0.1) is 25.5 Å². The molecule has 2 aliphatic rings. The van der Waals surface area contributed by atoms with E-state index in [-0.39, 0.29) is 5.91 Å². The Balaban J connectivity index is 1.29. The highest BCUT2D eigenvalue weighted by atomic mass is 16.5. The summed E-state index contributed by atoms with van der Waals surface area (Å²) >= 11 is 0. The third kappa shape index (κ3) is 4.48. The number of carbonyl (C=O) groups is 1. The van der Waals surface area contributed by atoms with Crippen molar-refractivity contribution in [3.05, 3.63) is 102 Å². The second-order valence-corrected chi connectivity index (χ2v) is 9.18. The van der Waals surface area contributed by atoms with Crippen LogP contribution in [0.4, 0.5) is 5.82 Å². The van der Waals surface area contributed by atoms with Gasteiger partial charge in [0, 0.05) is 42.7 Å². The first-order chi connectivity index (χ1) is 17.8. The molecule has 1 amide bonds. The van der Waals surface area contributed by atoms with Gasteiger partial charge in [0.2, 0.25) is 0 Å². The van der Waals surface area contributed by atoms with E-state index in [2.05, 4.69) is 17.0 Å². The lowest BCUT2D eigenvalue weighted by Crippen LogP contribution is -2.41. The number of carbonyl (C=O) groups excluding carboxylic acids is 1. The maximum Gasteiger partial charge on any atom is 0.254 e. The number of hydrogen-bond donors (Lipinski definition) is 0. The molecular weight excluding hydrogens is 448 g/mol. The number of hydrogen-bond acceptors (Lipinski definition) is 5. The number of rotatable bonds is 4. The van der Waals surface area contributed by atoms with E-state index in [0.717, 1.165) is 52.7 Å². The molecule has 0 atom stereocenters. The van der Waals surface area contributed by atoms with Crippen LogP contribution in [0.1, 0.15) is 21.6 Å². The molecule has 36 heavy (non-hydrogen) atoms. The molecule has 1 saturated heterocycles. The predicted octanol–water partition coefficient (Wildman–Crippen LogP) is 4.85. The number of amides is 1. The average Bonchev–Trinajstić information content (AvgIpc) is 2.97. The Hall–Kier alpha value is -4.03. The van der Waals surface area contributed by atoms with E-state index in [9.17, 15) is 4.79 Å². The molecule has 0 N–H and O–H groups in total. The summed E-state index contributed by atoms with van der Waals surface area (Å²) in [6.45, 7) is 4.07. The predicted molar refractivity (Wildman–Crippen MR) is 141 cm³/mol. The molecule has 3 aromatic carbocycles. The van der Waals surface area contributed by atoms with Gasteiger partial charge in [0.15, 0.2) is 5.82 Å². The molecule has 0 saturated carbocycles. The van der Waals surface area contributed by atoms with E-state index in [1.807, 2.05) is 77.7 Å².